The van der Waals surface area contributed by atoms with E-state index in [1.165, 1.54) is 0 Å². The summed E-state index contributed by atoms with van der Waals surface area (Å²) in [4.78, 5) is 0. The van der Waals surface area contributed by atoms with Crippen LogP contribution in [0.4, 0.5) is 0 Å². The van der Waals surface area contributed by atoms with Crippen molar-refractivity contribution in [3.63, 3.8) is 0 Å². The number of halogens is 3. The van der Waals surface area contributed by atoms with Gasteiger partial charge in [-0.2, -0.15) is 0 Å². The van der Waals surface area contributed by atoms with Gasteiger partial charge in [-0.3, -0.25) is 0 Å². The number of aliphatic hydroxyl groups is 1. The molecule has 2 aromatic carbocycles. The molecule has 0 aliphatic carbocycles. The van der Waals surface area contributed by atoms with Crippen LogP contribution in [0.1, 0.15) is 17.2 Å². The van der Waals surface area contributed by atoms with E-state index in [2.05, 4.69) is 38.5 Å². The topological polar surface area (TPSA) is 38.7 Å². The maximum atomic E-state index is 10.6. The molecule has 0 heterocycles. The van der Waals surface area contributed by atoms with Crippen LogP contribution in [-0.2, 0) is 0 Å². The van der Waals surface area contributed by atoms with E-state index < -0.39 is 6.10 Å². The van der Waals surface area contributed by atoms with Crippen molar-refractivity contribution in [1.82, 2.24) is 0 Å². The summed E-state index contributed by atoms with van der Waals surface area (Å²) in [6, 6.07) is 9.00. The van der Waals surface area contributed by atoms with Gasteiger partial charge in [0, 0.05) is 13.6 Å². The Hall–Kier alpha value is -0.500. The lowest BCUT2D eigenvalue weighted by Gasteiger charge is -2.17. The van der Waals surface area contributed by atoms with Gasteiger partial charge in [-0.15, -0.1) is 0 Å². The van der Waals surface area contributed by atoms with E-state index in [-0.39, 0.29) is 0 Å². The Morgan fingerprint density at radius 2 is 1.76 bits per heavy atom. The first kappa shape index (κ1) is 16.9. The Labute approximate surface area is 150 Å². The number of hydrogen-bond donors (Lipinski definition) is 1. The molecule has 3 nitrogen and oxygen atoms in total. The highest BCUT2D eigenvalue weighted by Gasteiger charge is 2.18. The third-order valence-corrected chi connectivity index (χ3v) is 5.32. The molecular weight excluding hydrogens is 470 g/mol. The number of benzene rings is 2. The lowest BCUT2D eigenvalue weighted by molar-refractivity contribution is 0.218. The molecular formula is C15H13BrClIO3. The van der Waals surface area contributed by atoms with Crippen molar-refractivity contribution in [2.75, 3.05) is 14.2 Å². The molecule has 0 fully saturated rings. The summed E-state index contributed by atoms with van der Waals surface area (Å²) >= 11 is 11.7. The fraction of sp³-hybridized carbons (Fsp3) is 0.200. The second-order valence-electron chi connectivity index (χ2n) is 4.30. The van der Waals surface area contributed by atoms with Crippen molar-refractivity contribution >= 4 is 50.1 Å². The van der Waals surface area contributed by atoms with Crippen LogP contribution in [0.2, 0.25) is 5.02 Å². The van der Waals surface area contributed by atoms with Crippen molar-refractivity contribution in [3.05, 3.63) is 54.5 Å². The van der Waals surface area contributed by atoms with Gasteiger partial charge >= 0.3 is 0 Å². The Balaban J connectivity index is 2.47. The Kier molecular flexibility index (Phi) is 5.76. The number of aliphatic hydroxyl groups excluding tert-OH is 1. The summed E-state index contributed by atoms with van der Waals surface area (Å²) in [5.74, 6) is 1.16. The molecule has 0 aliphatic heterocycles. The van der Waals surface area contributed by atoms with E-state index in [4.69, 9.17) is 21.1 Å². The Morgan fingerprint density at radius 3 is 2.33 bits per heavy atom. The highest BCUT2D eigenvalue weighted by Crippen LogP contribution is 2.38. The Morgan fingerprint density at radius 1 is 1.14 bits per heavy atom. The summed E-state index contributed by atoms with van der Waals surface area (Å²) in [7, 11) is 3.13. The minimum Gasteiger partial charge on any atom is -0.493 e. The zero-order valence-corrected chi connectivity index (χ0v) is 15.9. The molecule has 0 aliphatic rings. The molecule has 21 heavy (non-hydrogen) atoms. The summed E-state index contributed by atoms with van der Waals surface area (Å²) in [6.07, 6.45) is -0.811. The molecule has 6 heteroatoms. The van der Waals surface area contributed by atoms with Gasteiger partial charge < -0.3 is 14.6 Å². The molecule has 0 aromatic heterocycles. The van der Waals surface area contributed by atoms with E-state index in [1.54, 1.807) is 32.4 Å². The van der Waals surface area contributed by atoms with E-state index in [0.29, 0.717) is 27.6 Å². The monoisotopic (exact) mass is 482 g/mol. The van der Waals surface area contributed by atoms with E-state index in [1.807, 2.05) is 12.1 Å². The van der Waals surface area contributed by atoms with Crippen molar-refractivity contribution < 1.29 is 14.6 Å². The molecule has 0 radical (unpaired) electrons. The first-order valence-electron chi connectivity index (χ1n) is 6.02. The minimum absolute atomic E-state index is 0.561. The van der Waals surface area contributed by atoms with E-state index in [9.17, 15) is 5.11 Å². The van der Waals surface area contributed by atoms with Crippen LogP contribution in [0, 0.1) is 3.57 Å². The van der Waals surface area contributed by atoms with Crippen molar-refractivity contribution in [1.29, 1.82) is 0 Å². The average molecular weight is 484 g/mol. The lowest BCUT2D eigenvalue weighted by Crippen LogP contribution is -2.03. The van der Waals surface area contributed by atoms with Crippen molar-refractivity contribution in [2.24, 2.45) is 0 Å². The second-order valence-corrected chi connectivity index (χ2v) is 6.73. The largest absolute Gasteiger partial charge is 0.493 e. The quantitative estimate of drug-likeness (QED) is 0.635. The van der Waals surface area contributed by atoms with Crippen LogP contribution in [0.25, 0.3) is 0 Å². The van der Waals surface area contributed by atoms with Gasteiger partial charge in [0.15, 0.2) is 11.5 Å². The molecule has 1 atom stereocenters. The van der Waals surface area contributed by atoms with Crippen LogP contribution in [0.15, 0.2) is 34.8 Å². The predicted octanol–water partition coefficient (Wildman–Crippen LogP) is 4.81. The number of hydrogen-bond acceptors (Lipinski definition) is 3. The lowest BCUT2D eigenvalue weighted by atomic mass is 10.0. The van der Waals surface area contributed by atoms with Gasteiger partial charge in [0.25, 0.3) is 0 Å². The third-order valence-electron chi connectivity index (χ3n) is 3.06. The van der Waals surface area contributed by atoms with Gasteiger partial charge in [0.2, 0.25) is 0 Å². The molecule has 2 aromatic rings. The van der Waals surface area contributed by atoms with Gasteiger partial charge in [-0.1, -0.05) is 33.6 Å². The maximum Gasteiger partial charge on any atom is 0.161 e. The fourth-order valence-electron chi connectivity index (χ4n) is 1.94. The number of rotatable bonds is 4. The Bertz CT molecular complexity index is 664. The molecule has 112 valence electrons. The zero-order valence-electron chi connectivity index (χ0n) is 11.4. The second kappa shape index (κ2) is 7.17. The van der Waals surface area contributed by atoms with Gasteiger partial charge in [0.1, 0.15) is 6.10 Å². The number of ether oxygens (including phenoxy) is 2. The first-order valence-corrected chi connectivity index (χ1v) is 8.27. The predicted molar refractivity (Wildman–Crippen MR) is 95.5 cm³/mol. The summed E-state index contributed by atoms with van der Waals surface area (Å²) in [5.41, 5.74) is 1.40. The summed E-state index contributed by atoms with van der Waals surface area (Å²) < 4.78 is 12.2. The maximum absolute atomic E-state index is 10.6. The molecule has 2 rings (SSSR count). The first-order chi connectivity index (χ1) is 9.97. The van der Waals surface area contributed by atoms with Crippen LogP contribution >= 0.6 is 50.1 Å². The van der Waals surface area contributed by atoms with Crippen LogP contribution in [0.5, 0.6) is 11.5 Å². The summed E-state index contributed by atoms with van der Waals surface area (Å²) in [6.45, 7) is 0. The van der Waals surface area contributed by atoms with Crippen LogP contribution in [-0.4, -0.2) is 19.3 Å². The molecule has 1 unspecified atom stereocenters. The molecule has 0 spiro atoms. The van der Waals surface area contributed by atoms with Crippen molar-refractivity contribution in [3.8, 4) is 11.5 Å². The molecule has 1 N–H and O–H groups in total. The van der Waals surface area contributed by atoms with E-state index in [0.717, 1.165) is 8.04 Å². The standard InChI is InChI=1S/C15H13BrClIO3/c1-20-13-6-9(10(16)7-14(13)21-2)15(19)8-3-4-12(18)11(17)5-8/h3-7,15,19H,1-2H3. The van der Waals surface area contributed by atoms with Gasteiger partial charge in [-0.05, 0) is 52.4 Å². The van der Waals surface area contributed by atoms with E-state index >= 15 is 0 Å². The third kappa shape index (κ3) is 3.64. The smallest absolute Gasteiger partial charge is 0.161 e. The molecule has 0 saturated carbocycles. The van der Waals surface area contributed by atoms with Crippen LogP contribution < -0.4 is 9.47 Å². The van der Waals surface area contributed by atoms with Gasteiger partial charge in [0.05, 0.1) is 19.2 Å². The molecule has 0 bridgehead atoms. The fourth-order valence-corrected chi connectivity index (χ4v) is 3.01. The molecule has 0 amide bonds. The average Bonchev–Trinajstić information content (AvgIpc) is 2.49. The van der Waals surface area contributed by atoms with Gasteiger partial charge in [-0.25, -0.2) is 0 Å². The normalized spacial score (nSPS) is 12.1. The summed E-state index contributed by atoms with van der Waals surface area (Å²) in [5, 5.41) is 11.2. The zero-order chi connectivity index (χ0) is 15.6. The number of methoxy groups -OCH3 is 2. The van der Waals surface area contributed by atoms with Crippen LogP contribution in [0.3, 0.4) is 0 Å². The highest BCUT2D eigenvalue weighted by atomic mass is 127. The highest BCUT2D eigenvalue weighted by molar-refractivity contribution is 14.1. The SMILES string of the molecule is COc1cc(Br)c(C(O)c2ccc(I)c(Cl)c2)cc1OC. The molecule has 0 saturated heterocycles. The van der Waals surface area contributed by atoms with Crippen molar-refractivity contribution in [2.45, 2.75) is 6.10 Å². The minimum atomic E-state index is -0.811.